The lowest BCUT2D eigenvalue weighted by Crippen LogP contribution is -2.10. The molecule has 0 atom stereocenters. The molecule has 0 fully saturated rings. The van der Waals surface area contributed by atoms with Crippen LogP contribution in [0.4, 0.5) is 11.8 Å². The molecule has 0 aliphatic rings. The Hall–Kier alpha value is -3.02. The summed E-state index contributed by atoms with van der Waals surface area (Å²) >= 11 is 0. The maximum absolute atomic E-state index is 5.72. The van der Waals surface area contributed by atoms with Crippen molar-refractivity contribution < 1.29 is 0 Å². The van der Waals surface area contributed by atoms with E-state index >= 15 is 0 Å². The molecule has 6 heteroatoms. The molecule has 0 saturated carbocycles. The summed E-state index contributed by atoms with van der Waals surface area (Å²) in [4.78, 5) is 10.6. The lowest BCUT2D eigenvalue weighted by atomic mass is 10.1. The first-order valence-corrected chi connectivity index (χ1v) is 6.84. The van der Waals surface area contributed by atoms with E-state index in [2.05, 4.69) is 20.2 Å². The minimum absolute atomic E-state index is 0.157. The maximum Gasteiger partial charge on any atom is 0.240 e. The zero-order chi connectivity index (χ0) is 15.5. The molecule has 0 bridgehead atoms. The van der Waals surface area contributed by atoms with Gasteiger partial charge in [0, 0.05) is 31.4 Å². The highest BCUT2D eigenvalue weighted by Crippen LogP contribution is 2.29. The van der Waals surface area contributed by atoms with Crippen LogP contribution in [-0.4, -0.2) is 34.3 Å². The Balaban J connectivity index is 2.17. The van der Waals surface area contributed by atoms with Crippen LogP contribution in [0, 0.1) is 0 Å². The topological polar surface area (TPSA) is 80.8 Å². The zero-order valence-corrected chi connectivity index (χ0v) is 12.4. The van der Waals surface area contributed by atoms with Crippen LogP contribution in [0.15, 0.2) is 48.7 Å². The highest BCUT2D eigenvalue weighted by molar-refractivity contribution is 5.78. The minimum atomic E-state index is 0.157. The van der Waals surface area contributed by atoms with E-state index in [0.29, 0.717) is 11.4 Å². The van der Waals surface area contributed by atoms with Crippen molar-refractivity contribution in [1.29, 1.82) is 0 Å². The van der Waals surface area contributed by atoms with Crippen molar-refractivity contribution in [1.82, 2.24) is 20.2 Å². The van der Waals surface area contributed by atoms with Gasteiger partial charge in [-0.15, -0.1) is 10.2 Å². The molecule has 0 aliphatic heterocycles. The van der Waals surface area contributed by atoms with Gasteiger partial charge in [0.1, 0.15) is 17.2 Å². The Morgan fingerprint density at radius 3 is 2.41 bits per heavy atom. The normalized spacial score (nSPS) is 10.5. The van der Waals surface area contributed by atoms with Crippen molar-refractivity contribution in [2.45, 2.75) is 0 Å². The Kier molecular flexibility index (Phi) is 3.65. The van der Waals surface area contributed by atoms with Gasteiger partial charge in [0.15, 0.2) is 0 Å². The first kappa shape index (κ1) is 13.9. The van der Waals surface area contributed by atoms with Crippen molar-refractivity contribution in [2.75, 3.05) is 24.7 Å². The number of nitrogen functional groups attached to an aromatic ring is 1. The van der Waals surface area contributed by atoms with E-state index in [4.69, 9.17) is 5.73 Å². The molecule has 2 aromatic heterocycles. The minimum Gasteiger partial charge on any atom is -0.366 e. The molecule has 3 aromatic rings. The average molecular weight is 292 g/mol. The van der Waals surface area contributed by atoms with Gasteiger partial charge in [0.05, 0.1) is 0 Å². The average Bonchev–Trinajstić information content (AvgIpc) is 2.55. The van der Waals surface area contributed by atoms with Gasteiger partial charge in [-0.3, -0.25) is 0 Å². The van der Waals surface area contributed by atoms with Crippen LogP contribution in [0.25, 0.3) is 22.5 Å². The number of pyridine rings is 1. The molecular weight excluding hydrogens is 276 g/mol. The van der Waals surface area contributed by atoms with Crippen LogP contribution in [0.5, 0.6) is 0 Å². The zero-order valence-electron chi connectivity index (χ0n) is 12.4. The number of hydrogen-bond acceptors (Lipinski definition) is 6. The van der Waals surface area contributed by atoms with E-state index in [9.17, 15) is 0 Å². The molecule has 2 N–H and O–H groups in total. The second-order valence-electron chi connectivity index (χ2n) is 5.03. The maximum atomic E-state index is 5.72. The summed E-state index contributed by atoms with van der Waals surface area (Å²) in [6.45, 7) is 0. The number of anilines is 2. The molecule has 0 saturated heterocycles. The molecule has 0 spiro atoms. The first-order valence-electron chi connectivity index (χ1n) is 6.84. The predicted octanol–water partition coefficient (Wildman–Crippen LogP) is 2.25. The first-order chi connectivity index (χ1) is 10.6. The molecule has 0 unspecified atom stereocenters. The van der Waals surface area contributed by atoms with E-state index in [1.807, 2.05) is 61.5 Å². The Morgan fingerprint density at radius 1 is 0.909 bits per heavy atom. The molecule has 0 aliphatic carbocycles. The van der Waals surface area contributed by atoms with E-state index in [1.54, 1.807) is 6.20 Å². The number of nitrogens with zero attached hydrogens (tertiary/aromatic N) is 5. The van der Waals surface area contributed by atoms with Crippen molar-refractivity contribution in [3.05, 3.63) is 48.7 Å². The van der Waals surface area contributed by atoms with Crippen molar-refractivity contribution in [3.63, 3.8) is 0 Å². The van der Waals surface area contributed by atoms with Gasteiger partial charge in [-0.2, -0.15) is 0 Å². The summed E-state index contributed by atoms with van der Waals surface area (Å²) in [7, 11) is 3.88. The van der Waals surface area contributed by atoms with Crippen LogP contribution < -0.4 is 10.6 Å². The van der Waals surface area contributed by atoms with Crippen LogP contribution >= 0.6 is 0 Å². The number of hydrogen-bond donors (Lipinski definition) is 1. The quantitative estimate of drug-likeness (QED) is 0.797. The Bertz CT molecular complexity index is 786. The molecule has 0 radical (unpaired) electrons. The van der Waals surface area contributed by atoms with Gasteiger partial charge in [-0.05, 0) is 12.1 Å². The number of rotatable bonds is 3. The van der Waals surface area contributed by atoms with E-state index in [0.717, 1.165) is 16.9 Å². The lowest BCUT2D eigenvalue weighted by Gasteiger charge is -2.13. The second kappa shape index (κ2) is 5.77. The molecule has 22 heavy (non-hydrogen) atoms. The molecule has 0 amide bonds. The van der Waals surface area contributed by atoms with Gasteiger partial charge >= 0.3 is 0 Å². The summed E-state index contributed by atoms with van der Waals surface area (Å²) in [5, 5.41) is 8.14. The lowest BCUT2D eigenvalue weighted by molar-refractivity contribution is 0.994. The van der Waals surface area contributed by atoms with E-state index < -0.39 is 0 Å². The summed E-state index contributed by atoms with van der Waals surface area (Å²) in [5.41, 5.74) is 8.96. The number of nitrogens with two attached hydrogens (primary N) is 1. The SMILES string of the molecule is CN(C)c1cc(-c2nnc(N)nc2-c2ccccc2)ccn1. The third kappa shape index (κ3) is 2.71. The predicted molar refractivity (Wildman–Crippen MR) is 87.2 cm³/mol. The smallest absolute Gasteiger partial charge is 0.240 e. The van der Waals surface area contributed by atoms with Crippen LogP contribution in [0.2, 0.25) is 0 Å². The van der Waals surface area contributed by atoms with Crippen molar-refractivity contribution in [2.24, 2.45) is 0 Å². The largest absolute Gasteiger partial charge is 0.366 e. The van der Waals surface area contributed by atoms with Crippen molar-refractivity contribution in [3.8, 4) is 22.5 Å². The third-order valence-corrected chi connectivity index (χ3v) is 3.23. The number of aromatic nitrogens is 4. The standard InChI is InChI=1S/C16H16N6/c1-22(2)13-10-12(8-9-18-13)15-14(19-16(17)21-20-15)11-6-4-3-5-7-11/h3-10H,1-2H3,(H2,17,19,21). The molecule has 6 nitrogen and oxygen atoms in total. The van der Waals surface area contributed by atoms with Crippen LogP contribution in [0.1, 0.15) is 0 Å². The Morgan fingerprint density at radius 2 is 1.68 bits per heavy atom. The van der Waals surface area contributed by atoms with Gasteiger partial charge < -0.3 is 10.6 Å². The second-order valence-corrected chi connectivity index (χ2v) is 5.03. The van der Waals surface area contributed by atoms with Gasteiger partial charge in [0.2, 0.25) is 5.95 Å². The fourth-order valence-corrected chi connectivity index (χ4v) is 2.14. The third-order valence-electron chi connectivity index (χ3n) is 3.23. The van der Waals surface area contributed by atoms with Gasteiger partial charge in [-0.25, -0.2) is 9.97 Å². The van der Waals surface area contributed by atoms with Crippen LogP contribution in [0.3, 0.4) is 0 Å². The fraction of sp³-hybridized carbons (Fsp3) is 0.125. The van der Waals surface area contributed by atoms with E-state index in [-0.39, 0.29) is 5.95 Å². The highest BCUT2D eigenvalue weighted by atomic mass is 15.2. The van der Waals surface area contributed by atoms with Gasteiger partial charge in [0.25, 0.3) is 0 Å². The van der Waals surface area contributed by atoms with E-state index in [1.165, 1.54) is 0 Å². The summed E-state index contributed by atoms with van der Waals surface area (Å²) in [5.74, 6) is 1.000. The fourth-order valence-electron chi connectivity index (χ4n) is 2.14. The molecule has 2 heterocycles. The summed E-state index contributed by atoms with van der Waals surface area (Å²) in [6, 6.07) is 13.7. The monoisotopic (exact) mass is 292 g/mol. The highest BCUT2D eigenvalue weighted by Gasteiger charge is 2.13. The van der Waals surface area contributed by atoms with Gasteiger partial charge in [-0.1, -0.05) is 30.3 Å². The summed E-state index contributed by atoms with van der Waals surface area (Å²) in [6.07, 6.45) is 1.75. The van der Waals surface area contributed by atoms with Crippen LogP contribution in [-0.2, 0) is 0 Å². The summed E-state index contributed by atoms with van der Waals surface area (Å²) < 4.78 is 0. The van der Waals surface area contributed by atoms with Crippen molar-refractivity contribution >= 4 is 11.8 Å². The molecule has 1 aromatic carbocycles. The Labute approximate surface area is 128 Å². The molecule has 110 valence electrons. The molecule has 3 rings (SSSR count). The molecular formula is C16H16N6. The number of benzene rings is 1.